The van der Waals surface area contributed by atoms with Crippen molar-refractivity contribution < 1.29 is 4.43 Å². The maximum absolute atomic E-state index is 6.71. The van der Waals surface area contributed by atoms with Crippen LogP contribution in [0.3, 0.4) is 0 Å². The fraction of sp³-hybridized carbons (Fsp3) is 0.917. The normalized spacial score (nSPS) is 13.5. The molecule has 0 amide bonds. The predicted octanol–water partition coefficient (Wildman–Crippen LogP) is 9.54. The van der Waals surface area contributed by atoms with Gasteiger partial charge in [-0.1, -0.05) is 0 Å². The van der Waals surface area contributed by atoms with Gasteiger partial charge in [-0.05, 0) is 0 Å². The first-order valence-electron chi connectivity index (χ1n) is 12.0. The van der Waals surface area contributed by atoms with E-state index in [4.69, 9.17) is 4.43 Å². The average molecular weight is 503 g/mol. The topological polar surface area (TPSA) is 9.23 Å². The molecule has 0 N–H and O–H groups in total. The Morgan fingerprint density at radius 3 is 1.37 bits per heavy atom. The zero-order valence-corrected chi connectivity index (χ0v) is 24.2. The van der Waals surface area contributed by atoms with Crippen molar-refractivity contribution in [1.29, 1.82) is 0 Å². The second-order valence-electron chi connectivity index (χ2n) is 9.82. The first-order chi connectivity index (χ1) is 12.7. The van der Waals surface area contributed by atoms with Crippen LogP contribution in [-0.4, -0.2) is 26.7 Å². The average Bonchev–Trinajstić information content (AvgIpc) is 2.61. The minimum absolute atomic E-state index is 0.663. The van der Waals surface area contributed by atoms with Crippen LogP contribution < -0.4 is 0 Å². The molecule has 0 aromatic rings. The molecule has 0 atom stereocenters. The molecule has 3 heteroatoms. The van der Waals surface area contributed by atoms with Gasteiger partial charge in [0.1, 0.15) is 0 Å². The first-order valence-corrected chi connectivity index (χ1v) is 22.3. The van der Waals surface area contributed by atoms with E-state index in [0.29, 0.717) is 16.6 Å². The molecule has 0 unspecified atom stereocenters. The van der Waals surface area contributed by atoms with E-state index in [1.165, 1.54) is 43.0 Å². The summed E-state index contributed by atoms with van der Waals surface area (Å²) in [5.74, 6) is 0. The second kappa shape index (κ2) is 14.5. The van der Waals surface area contributed by atoms with Crippen molar-refractivity contribution in [3.8, 4) is 0 Å². The van der Waals surface area contributed by atoms with E-state index in [1.54, 1.807) is 13.3 Å². The van der Waals surface area contributed by atoms with Gasteiger partial charge in [-0.15, -0.1) is 0 Å². The number of allylic oxidation sites excluding steroid dienone is 1. The molecule has 0 aliphatic rings. The van der Waals surface area contributed by atoms with E-state index in [9.17, 15) is 0 Å². The molecule has 0 bridgehead atoms. The summed E-state index contributed by atoms with van der Waals surface area (Å²) in [5.41, 5.74) is 1.99. The predicted molar refractivity (Wildman–Crippen MR) is 131 cm³/mol. The van der Waals surface area contributed by atoms with Crippen LogP contribution in [-0.2, 0) is 4.43 Å². The Kier molecular flexibility index (Phi) is 14.8. The molecule has 0 aliphatic carbocycles. The van der Waals surface area contributed by atoms with E-state index in [2.05, 4.69) is 74.7 Å². The van der Waals surface area contributed by atoms with Crippen molar-refractivity contribution in [3.63, 3.8) is 0 Å². The molecule has 0 fully saturated rings. The van der Waals surface area contributed by atoms with Crippen LogP contribution in [0.2, 0.25) is 34.4 Å². The van der Waals surface area contributed by atoms with Gasteiger partial charge in [-0.2, -0.15) is 0 Å². The van der Waals surface area contributed by atoms with Gasteiger partial charge in [0.25, 0.3) is 0 Å². The molecule has 1 nitrogen and oxygen atoms in total. The molecule has 0 saturated carbocycles. The summed E-state index contributed by atoms with van der Waals surface area (Å²) in [6, 6.07) is 0. The fourth-order valence-electron chi connectivity index (χ4n) is 5.21. The van der Waals surface area contributed by atoms with Gasteiger partial charge >= 0.3 is 179 Å². The second-order valence-corrected chi connectivity index (χ2v) is 29.2. The third kappa shape index (κ3) is 8.84. The molecule has 0 aliphatic heterocycles. The molecule has 162 valence electrons. The van der Waals surface area contributed by atoms with Crippen molar-refractivity contribution in [1.82, 2.24) is 0 Å². The van der Waals surface area contributed by atoms with E-state index in [1.807, 2.05) is 0 Å². The third-order valence-corrected chi connectivity index (χ3v) is 28.0. The first kappa shape index (κ1) is 27.6. The van der Waals surface area contributed by atoms with Gasteiger partial charge in [-0.3, -0.25) is 0 Å². The van der Waals surface area contributed by atoms with Crippen molar-refractivity contribution in [2.75, 3.05) is 0 Å². The summed E-state index contributed by atoms with van der Waals surface area (Å²) in [6.07, 6.45) is 13.1. The molecule has 0 spiro atoms. The Hall–Kier alpha value is 0.556. The van der Waals surface area contributed by atoms with Crippen molar-refractivity contribution in [2.45, 2.75) is 135 Å². The van der Waals surface area contributed by atoms with Gasteiger partial charge in [0.15, 0.2) is 0 Å². The van der Waals surface area contributed by atoms with Crippen LogP contribution in [0, 0.1) is 0 Å². The number of hydrogen-bond acceptors (Lipinski definition) is 1. The van der Waals surface area contributed by atoms with Crippen molar-refractivity contribution in [3.05, 3.63) is 12.3 Å². The molecular formula is C24H52OSiSn. The van der Waals surface area contributed by atoms with E-state index in [0.717, 1.165) is 0 Å². The Morgan fingerprint density at radius 1 is 0.704 bits per heavy atom. The van der Waals surface area contributed by atoms with Gasteiger partial charge in [0.2, 0.25) is 0 Å². The molecule has 0 aromatic carbocycles. The number of rotatable bonds is 16. The third-order valence-electron chi connectivity index (χ3n) is 6.81. The maximum atomic E-state index is 6.71. The van der Waals surface area contributed by atoms with E-state index in [-0.39, 0.29) is 0 Å². The fourth-order valence-corrected chi connectivity index (χ4v) is 25.4. The summed E-state index contributed by atoms with van der Waals surface area (Å²) in [7, 11) is -1.76. The van der Waals surface area contributed by atoms with Crippen LogP contribution in [0.4, 0.5) is 0 Å². The molecular weight excluding hydrogens is 451 g/mol. The summed E-state index contributed by atoms with van der Waals surface area (Å²) in [5, 5.41) is 0. The quantitative estimate of drug-likeness (QED) is 0.151. The number of hydrogen-bond donors (Lipinski definition) is 0. The summed E-state index contributed by atoms with van der Waals surface area (Å²) in [6.45, 7) is 21.4. The van der Waals surface area contributed by atoms with E-state index < -0.39 is 26.7 Å². The Labute approximate surface area is 178 Å². The standard InChI is InChI=1S/C12H25OSi.3C4H9.Sn/c1-8-9-13-14(10(2)3,11(4)5)12(6)7;3*1-3-4-2;/h8-12H,1H2,2-7H3;3*1,3-4H2,2H3;/b9-8-;;;;. The van der Waals surface area contributed by atoms with Crippen LogP contribution in [0.1, 0.15) is 101 Å². The van der Waals surface area contributed by atoms with Crippen LogP contribution in [0.25, 0.3) is 0 Å². The molecule has 0 saturated heterocycles. The summed E-state index contributed by atoms with van der Waals surface area (Å²) < 4.78 is 12.9. The Balaban J connectivity index is 5.29. The van der Waals surface area contributed by atoms with Crippen LogP contribution in [0.15, 0.2) is 12.3 Å². The monoisotopic (exact) mass is 504 g/mol. The molecule has 0 rings (SSSR count). The van der Waals surface area contributed by atoms with E-state index >= 15 is 0 Å². The van der Waals surface area contributed by atoms with Gasteiger partial charge < -0.3 is 0 Å². The van der Waals surface area contributed by atoms with Crippen LogP contribution >= 0.6 is 0 Å². The van der Waals surface area contributed by atoms with Gasteiger partial charge in [-0.25, -0.2) is 0 Å². The zero-order valence-electron chi connectivity index (χ0n) is 20.4. The van der Waals surface area contributed by atoms with Crippen molar-refractivity contribution >= 4 is 26.7 Å². The zero-order chi connectivity index (χ0) is 20.9. The molecule has 0 aromatic heterocycles. The molecule has 27 heavy (non-hydrogen) atoms. The van der Waals surface area contributed by atoms with Gasteiger partial charge in [0, 0.05) is 0 Å². The van der Waals surface area contributed by atoms with Crippen LogP contribution in [0.5, 0.6) is 0 Å². The summed E-state index contributed by atoms with van der Waals surface area (Å²) in [4.78, 5) is 0. The molecule has 0 heterocycles. The minimum atomic E-state index is -2.05. The number of unbranched alkanes of at least 4 members (excludes halogenated alkanes) is 3. The summed E-state index contributed by atoms with van der Waals surface area (Å²) >= 11 is -2.05. The van der Waals surface area contributed by atoms with Gasteiger partial charge in [0.05, 0.1) is 0 Å². The Morgan fingerprint density at radius 2 is 1.07 bits per heavy atom. The van der Waals surface area contributed by atoms with Crippen molar-refractivity contribution in [2.24, 2.45) is 0 Å². The Bertz CT molecular complexity index is 346. The molecule has 0 radical (unpaired) electrons. The SMILES string of the molecule is CCC[CH2][Sn]([CH2]/C=C\O[Si](C(C)C)(C(C)C)C(C)C)([CH2]CCC)[CH2]CCC.